The summed E-state index contributed by atoms with van der Waals surface area (Å²) in [5.41, 5.74) is -0.0145. The summed E-state index contributed by atoms with van der Waals surface area (Å²) in [7, 11) is -3.94. The maximum Gasteiger partial charge on any atom is 0.246 e. The molecule has 1 N–H and O–H groups in total. The van der Waals surface area contributed by atoms with Crippen molar-refractivity contribution < 1.29 is 13.2 Å². The maximum atomic E-state index is 13.3. The summed E-state index contributed by atoms with van der Waals surface area (Å²) in [4.78, 5) is 10.8. The minimum atomic E-state index is -3.94. The molecule has 0 aromatic heterocycles. The van der Waals surface area contributed by atoms with Gasteiger partial charge in [0, 0.05) is 36.3 Å². The SMILES string of the molecule is CC1CN(S(=O)(=O)c2cc(N=O)ccc2Oc2cc(Cl)ccc2Cl)CC(C)N1. The third kappa shape index (κ3) is 4.47. The number of hydrogen-bond acceptors (Lipinski definition) is 6. The van der Waals surface area contributed by atoms with Crippen molar-refractivity contribution in [2.75, 3.05) is 13.1 Å². The molecule has 10 heteroatoms. The first-order valence-corrected chi connectivity index (χ1v) is 10.8. The van der Waals surface area contributed by atoms with Crippen molar-refractivity contribution in [3.63, 3.8) is 0 Å². The number of rotatable bonds is 5. The van der Waals surface area contributed by atoms with Gasteiger partial charge in [-0.2, -0.15) is 4.31 Å². The normalized spacial score (nSPS) is 20.7. The molecule has 3 rings (SSSR count). The van der Waals surface area contributed by atoms with E-state index in [1.54, 1.807) is 12.1 Å². The highest BCUT2D eigenvalue weighted by Gasteiger charge is 2.34. The van der Waals surface area contributed by atoms with E-state index in [1.807, 2.05) is 13.8 Å². The van der Waals surface area contributed by atoms with Crippen molar-refractivity contribution in [1.82, 2.24) is 9.62 Å². The summed E-state index contributed by atoms with van der Waals surface area (Å²) < 4.78 is 33.8. The Balaban J connectivity index is 2.06. The monoisotopic (exact) mass is 443 g/mol. The van der Waals surface area contributed by atoms with Gasteiger partial charge in [-0.05, 0) is 49.4 Å². The number of hydrogen-bond donors (Lipinski definition) is 1. The molecule has 1 aliphatic heterocycles. The third-order valence-electron chi connectivity index (χ3n) is 4.29. The Morgan fingerprint density at radius 1 is 1.07 bits per heavy atom. The second-order valence-electron chi connectivity index (χ2n) is 6.69. The smallest absolute Gasteiger partial charge is 0.246 e. The summed E-state index contributed by atoms with van der Waals surface area (Å²) in [6.07, 6.45) is 0. The standard InChI is InChI=1S/C18H19Cl2N3O4S/c1-11-9-23(10-12(2)21-11)28(25,26)18-8-14(22-24)4-6-16(18)27-17-7-13(19)3-5-15(17)20/h3-8,11-12,21H,9-10H2,1-2H3. The van der Waals surface area contributed by atoms with Crippen LogP contribution in [-0.2, 0) is 10.0 Å². The lowest BCUT2D eigenvalue weighted by Gasteiger charge is -2.35. The summed E-state index contributed by atoms with van der Waals surface area (Å²) in [6.45, 7) is 4.40. The molecule has 2 aromatic rings. The van der Waals surface area contributed by atoms with Crippen LogP contribution in [0.1, 0.15) is 13.8 Å². The molecule has 28 heavy (non-hydrogen) atoms. The molecule has 1 fully saturated rings. The van der Waals surface area contributed by atoms with Crippen molar-refractivity contribution in [3.8, 4) is 11.5 Å². The number of nitrogens with zero attached hydrogens (tertiary/aromatic N) is 2. The van der Waals surface area contributed by atoms with Crippen LogP contribution in [0.5, 0.6) is 11.5 Å². The molecule has 7 nitrogen and oxygen atoms in total. The van der Waals surface area contributed by atoms with Crippen LogP contribution in [0.3, 0.4) is 0 Å². The fourth-order valence-corrected chi connectivity index (χ4v) is 5.19. The lowest BCUT2D eigenvalue weighted by atomic mass is 10.2. The van der Waals surface area contributed by atoms with E-state index in [4.69, 9.17) is 27.9 Å². The molecule has 0 aliphatic carbocycles. The van der Waals surface area contributed by atoms with Crippen LogP contribution in [0, 0.1) is 4.91 Å². The molecule has 2 atom stereocenters. The molecule has 0 bridgehead atoms. The summed E-state index contributed by atoms with van der Waals surface area (Å²) >= 11 is 12.1. The van der Waals surface area contributed by atoms with Crippen LogP contribution >= 0.6 is 23.2 Å². The molecule has 150 valence electrons. The molecule has 2 aromatic carbocycles. The largest absolute Gasteiger partial charge is 0.454 e. The topological polar surface area (TPSA) is 88.1 Å². The highest BCUT2D eigenvalue weighted by molar-refractivity contribution is 7.89. The van der Waals surface area contributed by atoms with Crippen LogP contribution in [0.2, 0.25) is 10.0 Å². The molecule has 0 amide bonds. The van der Waals surface area contributed by atoms with Gasteiger partial charge in [0.1, 0.15) is 22.1 Å². The Labute approximate surface area is 173 Å². The molecular weight excluding hydrogens is 425 g/mol. The predicted octanol–water partition coefficient (Wildman–Crippen LogP) is 4.55. The van der Waals surface area contributed by atoms with E-state index >= 15 is 0 Å². The average Bonchev–Trinajstić information content (AvgIpc) is 2.64. The molecule has 2 unspecified atom stereocenters. The first-order chi connectivity index (χ1) is 13.2. The quantitative estimate of drug-likeness (QED) is 0.684. The first-order valence-electron chi connectivity index (χ1n) is 8.57. The number of nitroso groups, excluding NO2 is 1. The highest BCUT2D eigenvalue weighted by Crippen LogP contribution is 2.37. The van der Waals surface area contributed by atoms with Crippen molar-refractivity contribution in [1.29, 1.82) is 0 Å². The second kappa shape index (κ2) is 8.34. The van der Waals surface area contributed by atoms with E-state index in [9.17, 15) is 13.3 Å². The van der Waals surface area contributed by atoms with E-state index in [-0.39, 0.29) is 39.2 Å². The van der Waals surface area contributed by atoms with Gasteiger partial charge in [0.2, 0.25) is 10.0 Å². The number of halogens is 2. The molecule has 0 spiro atoms. The Morgan fingerprint density at radius 3 is 2.39 bits per heavy atom. The Morgan fingerprint density at radius 2 is 1.75 bits per heavy atom. The number of sulfonamides is 1. The van der Waals surface area contributed by atoms with Gasteiger partial charge in [0.05, 0.1) is 5.02 Å². The maximum absolute atomic E-state index is 13.3. The van der Waals surface area contributed by atoms with Gasteiger partial charge in [-0.25, -0.2) is 8.42 Å². The highest BCUT2D eigenvalue weighted by atomic mass is 35.5. The molecule has 0 radical (unpaired) electrons. The van der Waals surface area contributed by atoms with E-state index in [2.05, 4.69) is 10.5 Å². The molecular formula is C18H19Cl2N3O4S. The zero-order valence-corrected chi connectivity index (χ0v) is 17.6. The third-order valence-corrected chi connectivity index (χ3v) is 6.69. The fourth-order valence-electron chi connectivity index (χ4n) is 3.13. The van der Waals surface area contributed by atoms with Gasteiger partial charge in [0.25, 0.3) is 0 Å². The lowest BCUT2D eigenvalue weighted by Crippen LogP contribution is -2.55. The van der Waals surface area contributed by atoms with Crippen LogP contribution in [0.15, 0.2) is 46.5 Å². The average molecular weight is 444 g/mol. The molecule has 0 saturated carbocycles. The van der Waals surface area contributed by atoms with Crippen molar-refractivity contribution in [2.45, 2.75) is 30.8 Å². The van der Waals surface area contributed by atoms with Crippen molar-refractivity contribution >= 4 is 38.9 Å². The zero-order valence-electron chi connectivity index (χ0n) is 15.2. The van der Waals surface area contributed by atoms with Gasteiger partial charge < -0.3 is 10.1 Å². The van der Waals surface area contributed by atoms with Gasteiger partial charge in [-0.3, -0.25) is 0 Å². The lowest BCUT2D eigenvalue weighted by molar-refractivity contribution is 0.262. The van der Waals surface area contributed by atoms with Gasteiger partial charge in [-0.15, -0.1) is 4.91 Å². The number of nitrogens with one attached hydrogen (secondary N) is 1. The first kappa shape index (κ1) is 21.0. The summed E-state index contributed by atoms with van der Waals surface area (Å²) in [5.74, 6) is 0.245. The number of piperazine rings is 1. The minimum Gasteiger partial charge on any atom is -0.454 e. The van der Waals surface area contributed by atoms with E-state index in [0.717, 1.165) is 0 Å². The number of ether oxygens (including phenoxy) is 1. The van der Waals surface area contributed by atoms with Gasteiger partial charge >= 0.3 is 0 Å². The Bertz CT molecular complexity index is 990. The van der Waals surface area contributed by atoms with Crippen LogP contribution in [0.25, 0.3) is 0 Å². The predicted molar refractivity (Wildman–Crippen MR) is 109 cm³/mol. The van der Waals surface area contributed by atoms with Gasteiger partial charge in [-0.1, -0.05) is 23.2 Å². The van der Waals surface area contributed by atoms with E-state index in [0.29, 0.717) is 18.1 Å². The Kier molecular flexibility index (Phi) is 6.26. The van der Waals surface area contributed by atoms with E-state index in [1.165, 1.54) is 28.6 Å². The summed E-state index contributed by atoms with van der Waals surface area (Å²) in [6, 6.07) is 8.56. The molecule has 1 aliphatic rings. The fraction of sp³-hybridized carbons (Fsp3) is 0.333. The van der Waals surface area contributed by atoms with Crippen LogP contribution in [0.4, 0.5) is 5.69 Å². The van der Waals surface area contributed by atoms with E-state index < -0.39 is 10.0 Å². The van der Waals surface area contributed by atoms with Crippen molar-refractivity contribution in [3.05, 3.63) is 51.4 Å². The van der Waals surface area contributed by atoms with Crippen LogP contribution in [-0.4, -0.2) is 37.9 Å². The van der Waals surface area contributed by atoms with Crippen LogP contribution < -0.4 is 10.1 Å². The van der Waals surface area contributed by atoms with Gasteiger partial charge in [0.15, 0.2) is 0 Å². The second-order valence-corrected chi connectivity index (χ2v) is 9.44. The minimum absolute atomic E-state index is 0.0145. The Hall–Kier alpha value is -1.71. The zero-order chi connectivity index (χ0) is 20.5. The molecule has 1 saturated heterocycles. The summed E-state index contributed by atoms with van der Waals surface area (Å²) in [5, 5.41) is 6.80. The van der Waals surface area contributed by atoms with Crippen molar-refractivity contribution in [2.24, 2.45) is 5.18 Å². The molecule has 1 heterocycles. The number of benzene rings is 2.